The number of hydrogen-bond donors (Lipinski definition) is 0. The van der Waals surface area contributed by atoms with Crippen LogP contribution in [-0.2, 0) is 5.41 Å². The summed E-state index contributed by atoms with van der Waals surface area (Å²) in [6.07, 6.45) is 8.35. The van der Waals surface area contributed by atoms with Gasteiger partial charge in [0, 0.05) is 38.6 Å². The van der Waals surface area contributed by atoms with Gasteiger partial charge in [-0.05, 0) is 18.1 Å². The van der Waals surface area contributed by atoms with Crippen molar-refractivity contribution in [1.82, 2.24) is 9.91 Å². The first kappa shape index (κ1) is 10.8. The molecule has 3 aliphatic rings. The topological polar surface area (TPSA) is 31.2 Å². The summed E-state index contributed by atoms with van der Waals surface area (Å²) in [6.45, 7) is 0.941. The lowest BCUT2D eigenvalue weighted by atomic mass is 9.75. The zero-order chi connectivity index (χ0) is 12.9. The second-order valence-corrected chi connectivity index (χ2v) is 5.45. The molecule has 1 fully saturated rings. The van der Waals surface area contributed by atoms with E-state index in [1.807, 2.05) is 18.3 Å². The largest absolute Gasteiger partial charge is 0.332 e. The Bertz CT molecular complexity index is 616. The third kappa shape index (κ3) is 1.52. The molecule has 0 saturated carbocycles. The second-order valence-electron chi connectivity index (χ2n) is 5.45. The summed E-state index contributed by atoms with van der Waals surface area (Å²) in [5, 5.41) is 6.43. The maximum Gasteiger partial charge on any atom is 0.129 e. The fourth-order valence-electron chi connectivity index (χ4n) is 3.19. The molecule has 1 aromatic rings. The van der Waals surface area contributed by atoms with E-state index in [2.05, 4.69) is 51.7 Å². The van der Waals surface area contributed by atoms with Gasteiger partial charge in [0.2, 0.25) is 0 Å². The van der Waals surface area contributed by atoms with E-state index in [1.54, 1.807) is 0 Å². The predicted octanol–water partition coefficient (Wildman–Crippen LogP) is 2.47. The molecule has 4 nitrogen and oxygen atoms in total. The molecule has 0 radical (unpaired) electrons. The van der Waals surface area contributed by atoms with Crippen molar-refractivity contribution in [3.05, 3.63) is 42.2 Å². The Kier molecular flexibility index (Phi) is 2.10. The summed E-state index contributed by atoms with van der Waals surface area (Å²) < 4.78 is 0. The zero-order valence-electron chi connectivity index (χ0n) is 11.0. The van der Waals surface area contributed by atoms with E-state index in [1.165, 1.54) is 5.56 Å². The molecule has 1 atom stereocenters. The van der Waals surface area contributed by atoms with Crippen LogP contribution in [0.5, 0.6) is 0 Å². The minimum absolute atomic E-state index is 0.0653. The van der Waals surface area contributed by atoms with Crippen molar-refractivity contribution >= 4 is 17.7 Å². The Balaban J connectivity index is 1.71. The molecule has 1 aromatic carbocycles. The summed E-state index contributed by atoms with van der Waals surface area (Å²) in [4.78, 5) is 6.86. The monoisotopic (exact) mass is 252 g/mol. The number of hydrogen-bond acceptors (Lipinski definition) is 4. The number of fused-ring (bicyclic) bond motifs is 3. The van der Waals surface area contributed by atoms with Crippen LogP contribution in [0.2, 0.25) is 0 Å². The van der Waals surface area contributed by atoms with Gasteiger partial charge in [-0.15, -0.1) is 0 Å². The zero-order valence-corrected chi connectivity index (χ0v) is 11.0. The molecule has 0 bridgehead atoms. The highest BCUT2D eigenvalue weighted by atomic mass is 15.5. The summed E-state index contributed by atoms with van der Waals surface area (Å²) in [7, 11) is 1.97. The maximum atomic E-state index is 4.60. The molecule has 96 valence electrons. The molecule has 0 amide bonds. The van der Waals surface area contributed by atoms with Gasteiger partial charge in [0.1, 0.15) is 5.84 Å². The molecule has 3 aliphatic heterocycles. The van der Waals surface area contributed by atoms with Crippen LogP contribution >= 0.6 is 0 Å². The van der Waals surface area contributed by atoms with E-state index < -0.39 is 0 Å². The van der Waals surface area contributed by atoms with Crippen LogP contribution in [0.4, 0.5) is 5.69 Å². The van der Waals surface area contributed by atoms with Gasteiger partial charge < -0.3 is 4.90 Å². The van der Waals surface area contributed by atoms with Crippen LogP contribution in [0.1, 0.15) is 18.4 Å². The number of piperidine rings is 1. The average Bonchev–Trinajstić information content (AvgIpc) is 2.79. The normalized spacial score (nSPS) is 27.5. The first-order valence-electron chi connectivity index (χ1n) is 6.67. The molecule has 4 rings (SSSR count). The Morgan fingerprint density at radius 2 is 2.11 bits per heavy atom. The van der Waals surface area contributed by atoms with Gasteiger partial charge >= 0.3 is 0 Å². The molecule has 19 heavy (non-hydrogen) atoms. The van der Waals surface area contributed by atoms with E-state index in [4.69, 9.17) is 0 Å². The van der Waals surface area contributed by atoms with Crippen LogP contribution in [0.25, 0.3) is 0 Å². The number of aliphatic imine (C=N–C) groups is 1. The third-order valence-electron chi connectivity index (χ3n) is 4.21. The number of amidine groups is 1. The fraction of sp³-hybridized carbons (Fsp3) is 0.333. The summed E-state index contributed by atoms with van der Waals surface area (Å²) >= 11 is 0. The first-order valence-corrected chi connectivity index (χ1v) is 6.67. The minimum Gasteiger partial charge on any atom is -0.332 e. The van der Waals surface area contributed by atoms with Crippen LogP contribution in [0, 0.1) is 0 Å². The van der Waals surface area contributed by atoms with Crippen molar-refractivity contribution < 1.29 is 0 Å². The highest BCUT2D eigenvalue weighted by Gasteiger charge is 2.42. The molecule has 3 heterocycles. The van der Waals surface area contributed by atoms with Gasteiger partial charge in [-0.3, -0.25) is 10.0 Å². The second kappa shape index (κ2) is 3.70. The van der Waals surface area contributed by atoms with Crippen LogP contribution in [0.3, 0.4) is 0 Å². The maximum absolute atomic E-state index is 4.60. The number of rotatable bonds is 0. The summed E-state index contributed by atoms with van der Waals surface area (Å²) in [5.74, 6) is 1.16. The highest BCUT2D eigenvalue weighted by molar-refractivity contribution is 5.91. The lowest BCUT2D eigenvalue weighted by Gasteiger charge is -2.41. The van der Waals surface area contributed by atoms with Crippen molar-refractivity contribution in [2.24, 2.45) is 10.1 Å². The first-order chi connectivity index (χ1) is 9.27. The minimum atomic E-state index is 0.0653. The average molecular weight is 252 g/mol. The Labute approximate surface area is 112 Å². The molecule has 1 spiro atoms. The highest BCUT2D eigenvalue weighted by Crippen LogP contribution is 2.43. The molecule has 1 saturated heterocycles. The lowest BCUT2D eigenvalue weighted by Crippen LogP contribution is -2.48. The smallest absolute Gasteiger partial charge is 0.129 e. The van der Waals surface area contributed by atoms with Crippen molar-refractivity contribution in [2.75, 3.05) is 13.6 Å². The van der Waals surface area contributed by atoms with Crippen molar-refractivity contribution in [2.45, 2.75) is 18.3 Å². The number of nitrogens with zero attached hydrogens (tertiary/aromatic N) is 4. The van der Waals surface area contributed by atoms with Gasteiger partial charge in [-0.25, -0.2) is 0 Å². The molecule has 4 heteroatoms. The van der Waals surface area contributed by atoms with E-state index in [0.29, 0.717) is 0 Å². The van der Waals surface area contributed by atoms with E-state index in [9.17, 15) is 0 Å². The number of hydrazone groups is 1. The molecular weight excluding hydrogens is 236 g/mol. The number of benzene rings is 1. The van der Waals surface area contributed by atoms with Gasteiger partial charge in [0.15, 0.2) is 0 Å². The predicted molar refractivity (Wildman–Crippen MR) is 76.6 cm³/mol. The lowest BCUT2D eigenvalue weighted by molar-refractivity contribution is 0.338. The molecule has 1 unspecified atom stereocenters. The quantitative estimate of drug-likeness (QED) is 0.710. The Hall–Kier alpha value is -2.10. The van der Waals surface area contributed by atoms with E-state index in [0.717, 1.165) is 30.9 Å². The van der Waals surface area contributed by atoms with Crippen molar-refractivity contribution in [3.63, 3.8) is 0 Å². The van der Waals surface area contributed by atoms with Crippen LogP contribution in [-0.4, -0.2) is 35.6 Å². The van der Waals surface area contributed by atoms with Crippen LogP contribution in [0.15, 0.2) is 46.8 Å². The van der Waals surface area contributed by atoms with Crippen molar-refractivity contribution in [3.8, 4) is 0 Å². The van der Waals surface area contributed by atoms with E-state index >= 15 is 0 Å². The van der Waals surface area contributed by atoms with Gasteiger partial charge in [-0.2, -0.15) is 5.10 Å². The molecule has 0 aliphatic carbocycles. The van der Waals surface area contributed by atoms with Gasteiger partial charge in [0.25, 0.3) is 0 Å². The Morgan fingerprint density at radius 1 is 1.21 bits per heavy atom. The summed E-state index contributed by atoms with van der Waals surface area (Å²) in [6, 6.07) is 8.48. The van der Waals surface area contributed by atoms with Crippen molar-refractivity contribution in [1.29, 1.82) is 0 Å². The SMILES string of the molecule is CN1C=CN2CC3(C=Nc4ccccc43)CCC2=N1. The molecular formula is C15H16N4. The molecule has 0 N–H and O–H groups in total. The van der Waals surface area contributed by atoms with Gasteiger partial charge in [0.05, 0.1) is 11.1 Å². The number of para-hydroxylation sites is 1. The standard InChI is InChI=1S/C15H16N4/c1-18-8-9-19-11-15(7-6-14(19)17-18)10-16-13-5-3-2-4-12(13)15/h2-5,8-10H,6-7,11H2,1H3. The Morgan fingerprint density at radius 3 is 3.05 bits per heavy atom. The van der Waals surface area contributed by atoms with Gasteiger partial charge in [-0.1, -0.05) is 18.2 Å². The fourth-order valence-corrected chi connectivity index (χ4v) is 3.19. The molecule has 0 aromatic heterocycles. The third-order valence-corrected chi connectivity index (χ3v) is 4.21. The van der Waals surface area contributed by atoms with Crippen LogP contribution < -0.4 is 0 Å². The van der Waals surface area contributed by atoms with E-state index in [-0.39, 0.29) is 5.41 Å². The summed E-state index contributed by atoms with van der Waals surface area (Å²) in [5.41, 5.74) is 2.55.